The molecular weight excluding hydrogens is 521 g/mol. The molecule has 0 bridgehead atoms. The highest BCUT2D eigenvalue weighted by molar-refractivity contribution is 5.80. The van der Waals surface area contributed by atoms with Crippen molar-refractivity contribution in [3.05, 3.63) is 72.1 Å². The molecule has 1 saturated heterocycles. The molecule has 212 valence electrons. The van der Waals surface area contributed by atoms with E-state index in [1.54, 1.807) is 25.3 Å². The molecule has 0 unspecified atom stereocenters. The van der Waals surface area contributed by atoms with Crippen molar-refractivity contribution >= 4 is 11.7 Å². The Morgan fingerprint density at radius 3 is 2.50 bits per heavy atom. The Labute approximate surface area is 231 Å². The van der Waals surface area contributed by atoms with Gasteiger partial charge in [-0.15, -0.1) is 0 Å². The normalized spacial score (nSPS) is 16.9. The number of carboxylic acids is 1. The summed E-state index contributed by atoms with van der Waals surface area (Å²) in [7, 11) is 1.57. The van der Waals surface area contributed by atoms with Crippen molar-refractivity contribution in [2.75, 3.05) is 31.7 Å². The lowest BCUT2D eigenvalue weighted by atomic mass is 9.91. The first kappa shape index (κ1) is 27.8. The van der Waals surface area contributed by atoms with Crippen molar-refractivity contribution in [2.45, 2.75) is 44.2 Å². The number of alkyl halides is 3. The van der Waals surface area contributed by atoms with Crippen LogP contribution in [0.3, 0.4) is 0 Å². The number of halogens is 3. The number of hydrogen-bond acceptors (Lipinski definition) is 5. The minimum absolute atomic E-state index is 0.0222. The predicted molar refractivity (Wildman–Crippen MR) is 146 cm³/mol. The van der Waals surface area contributed by atoms with Gasteiger partial charge >= 0.3 is 12.1 Å². The second kappa shape index (κ2) is 11.8. The van der Waals surface area contributed by atoms with Crippen molar-refractivity contribution in [2.24, 2.45) is 11.8 Å². The lowest BCUT2D eigenvalue weighted by molar-refractivity contribution is -0.141. The minimum atomic E-state index is -4.52. The summed E-state index contributed by atoms with van der Waals surface area (Å²) >= 11 is 0. The number of ether oxygens (including phenoxy) is 2. The first-order valence-electron chi connectivity index (χ1n) is 13.6. The van der Waals surface area contributed by atoms with E-state index in [0.29, 0.717) is 35.3 Å². The lowest BCUT2D eigenvalue weighted by Gasteiger charge is -2.35. The fraction of sp³-hybridized carbons (Fsp3) is 0.419. The molecule has 5 rings (SSSR count). The second-order valence-corrected chi connectivity index (χ2v) is 10.7. The number of methoxy groups -OCH3 is 1. The number of nitrogens with zero attached hydrogens (tertiary/aromatic N) is 2. The first-order valence-corrected chi connectivity index (χ1v) is 13.6. The third-order valence-corrected chi connectivity index (χ3v) is 7.88. The summed E-state index contributed by atoms with van der Waals surface area (Å²) in [6.45, 7) is 2.01. The molecule has 0 amide bonds. The largest absolute Gasteiger partial charge is 0.497 e. The number of aliphatic carboxylic acids is 1. The maximum atomic E-state index is 13.3. The molecule has 1 aliphatic heterocycles. The van der Waals surface area contributed by atoms with Crippen LogP contribution in [-0.2, 0) is 11.0 Å². The summed E-state index contributed by atoms with van der Waals surface area (Å²) in [4.78, 5) is 17.1. The van der Waals surface area contributed by atoms with E-state index in [0.717, 1.165) is 61.8 Å². The third-order valence-electron chi connectivity index (χ3n) is 7.88. The zero-order chi connectivity index (χ0) is 28.3. The Balaban J connectivity index is 1.24. The highest BCUT2D eigenvalue weighted by Gasteiger charge is 2.34. The van der Waals surface area contributed by atoms with Gasteiger partial charge in [0.05, 0.1) is 20.1 Å². The summed E-state index contributed by atoms with van der Waals surface area (Å²) in [5.74, 6) is 1.40. The van der Waals surface area contributed by atoms with Gasteiger partial charge in [-0.25, -0.2) is 0 Å². The van der Waals surface area contributed by atoms with Crippen LogP contribution in [0.1, 0.15) is 49.3 Å². The molecule has 0 spiro atoms. The summed E-state index contributed by atoms with van der Waals surface area (Å²) in [6, 6.07) is 15.9. The maximum absolute atomic E-state index is 13.3. The van der Waals surface area contributed by atoms with Gasteiger partial charge < -0.3 is 19.5 Å². The zero-order valence-corrected chi connectivity index (χ0v) is 22.4. The first-order chi connectivity index (χ1) is 19.2. The van der Waals surface area contributed by atoms with E-state index in [1.165, 1.54) is 6.20 Å². The van der Waals surface area contributed by atoms with Crippen molar-refractivity contribution in [3.8, 4) is 22.6 Å². The van der Waals surface area contributed by atoms with E-state index in [2.05, 4.69) is 9.88 Å². The van der Waals surface area contributed by atoms with Gasteiger partial charge in [-0.3, -0.25) is 9.78 Å². The maximum Gasteiger partial charge on any atom is 0.433 e. The smallest absolute Gasteiger partial charge is 0.433 e. The summed E-state index contributed by atoms with van der Waals surface area (Å²) < 4.78 is 51.5. The Morgan fingerprint density at radius 1 is 1.05 bits per heavy atom. The van der Waals surface area contributed by atoms with Crippen molar-refractivity contribution in [1.82, 2.24) is 4.98 Å². The van der Waals surface area contributed by atoms with Crippen molar-refractivity contribution < 1.29 is 32.5 Å². The monoisotopic (exact) mass is 554 g/mol. The molecule has 2 fully saturated rings. The van der Waals surface area contributed by atoms with E-state index in [1.807, 2.05) is 30.3 Å². The molecule has 2 heterocycles. The summed E-state index contributed by atoms with van der Waals surface area (Å²) in [5, 5.41) is 9.33. The molecule has 1 aromatic heterocycles. The molecule has 3 aromatic rings. The van der Waals surface area contributed by atoms with Crippen LogP contribution in [0.15, 0.2) is 60.8 Å². The number of anilines is 1. The van der Waals surface area contributed by atoms with E-state index in [4.69, 9.17) is 9.47 Å². The van der Waals surface area contributed by atoms with Crippen molar-refractivity contribution in [3.63, 3.8) is 0 Å². The van der Waals surface area contributed by atoms with Gasteiger partial charge in [0.15, 0.2) is 0 Å². The molecule has 2 aromatic carbocycles. The summed E-state index contributed by atoms with van der Waals surface area (Å²) in [6.07, 6.45) is 0.682. The van der Waals surface area contributed by atoms with Crippen LogP contribution in [0.4, 0.5) is 18.9 Å². The average Bonchev–Trinajstić information content (AvgIpc) is 3.80. The quantitative estimate of drug-likeness (QED) is 0.290. The average molecular weight is 555 g/mol. The number of rotatable bonds is 10. The number of benzene rings is 2. The Morgan fingerprint density at radius 2 is 1.82 bits per heavy atom. The molecule has 1 saturated carbocycles. The molecule has 1 aliphatic carbocycles. The minimum Gasteiger partial charge on any atom is -0.497 e. The Hall–Kier alpha value is -3.75. The highest BCUT2D eigenvalue weighted by atomic mass is 19.4. The van der Waals surface area contributed by atoms with Gasteiger partial charge in [-0.2, -0.15) is 13.2 Å². The van der Waals surface area contributed by atoms with Crippen LogP contribution in [0.25, 0.3) is 11.1 Å². The molecule has 2 aliphatic rings. The zero-order valence-electron chi connectivity index (χ0n) is 22.4. The molecule has 1 atom stereocenters. The fourth-order valence-electron chi connectivity index (χ4n) is 5.53. The van der Waals surface area contributed by atoms with Crippen LogP contribution in [0.2, 0.25) is 0 Å². The lowest BCUT2D eigenvalue weighted by Crippen LogP contribution is -2.35. The Bertz CT molecular complexity index is 1330. The van der Waals surface area contributed by atoms with E-state index in [-0.39, 0.29) is 12.3 Å². The number of carbonyl (C=O) groups is 1. The standard InChI is InChI=1S/C31H33F3N2O4/c1-39-24-7-8-26(23-9-12-35-29(16-23)31(32,33)34)28(17-24)36-13-10-20(11-14-36)19-40-25-4-2-3-22(15-25)27(18-30(37)38)21-5-6-21/h2-4,7-9,12,15-17,20-21,27H,5-6,10-11,13-14,18-19H2,1H3,(H,37,38)/t27-/m0/s1. The van der Waals surface area contributed by atoms with Crippen LogP contribution >= 0.6 is 0 Å². The molecule has 0 radical (unpaired) electrons. The SMILES string of the molecule is COc1ccc(-c2ccnc(C(F)(F)F)c2)c(N2CCC(COc3cccc([C@@H](CC(=O)O)C4CC4)c3)CC2)c1. The molecular formula is C31H33F3N2O4. The van der Waals surface area contributed by atoms with Crippen LogP contribution in [0.5, 0.6) is 11.5 Å². The van der Waals surface area contributed by atoms with Gasteiger partial charge in [0.1, 0.15) is 17.2 Å². The third kappa shape index (κ3) is 6.69. The predicted octanol–water partition coefficient (Wildman–Crippen LogP) is 7.04. The number of piperidine rings is 1. The van der Waals surface area contributed by atoms with E-state index in [9.17, 15) is 23.1 Å². The van der Waals surface area contributed by atoms with E-state index >= 15 is 0 Å². The number of hydrogen-bond donors (Lipinski definition) is 1. The number of pyridine rings is 1. The van der Waals surface area contributed by atoms with Gasteiger partial charge in [-0.1, -0.05) is 12.1 Å². The van der Waals surface area contributed by atoms with Gasteiger partial charge in [0.25, 0.3) is 0 Å². The summed E-state index contributed by atoms with van der Waals surface area (Å²) in [5.41, 5.74) is 2.09. The highest BCUT2D eigenvalue weighted by Crippen LogP contribution is 2.45. The second-order valence-electron chi connectivity index (χ2n) is 10.7. The molecule has 6 nitrogen and oxygen atoms in total. The van der Waals surface area contributed by atoms with Crippen LogP contribution in [0, 0.1) is 11.8 Å². The fourth-order valence-corrected chi connectivity index (χ4v) is 5.53. The number of carboxylic acid groups (broad SMARTS) is 1. The van der Waals surface area contributed by atoms with Gasteiger partial charge in [0, 0.05) is 36.6 Å². The molecule has 40 heavy (non-hydrogen) atoms. The molecule has 1 N–H and O–H groups in total. The Kier molecular flexibility index (Phi) is 8.19. The molecule has 9 heteroatoms. The van der Waals surface area contributed by atoms with Gasteiger partial charge in [-0.05, 0) is 91.0 Å². The van der Waals surface area contributed by atoms with Crippen LogP contribution < -0.4 is 14.4 Å². The van der Waals surface area contributed by atoms with Crippen LogP contribution in [-0.4, -0.2) is 42.9 Å². The van der Waals surface area contributed by atoms with E-state index < -0.39 is 17.8 Å². The number of aromatic nitrogens is 1. The van der Waals surface area contributed by atoms with Crippen molar-refractivity contribution in [1.29, 1.82) is 0 Å². The van der Waals surface area contributed by atoms with Gasteiger partial charge in [0.2, 0.25) is 0 Å². The topological polar surface area (TPSA) is 71.9 Å².